The van der Waals surface area contributed by atoms with Gasteiger partial charge in [0.1, 0.15) is 0 Å². The average molecular weight is 370 g/mol. The standard InChI is InChI=1S/C22H30N2O3/c25-21(19-3-1-2-4-19)24-13-9-22(10-14-24)20(8-16-27-22)7-15-26-17-18-5-11-23-12-6-18/h1-2,5-6,11-12,19-20H,3-4,7-10,13-17H2. The van der Waals surface area contributed by atoms with Crippen molar-refractivity contribution in [2.75, 3.05) is 26.3 Å². The number of ether oxygens (including phenoxy) is 2. The summed E-state index contributed by atoms with van der Waals surface area (Å²) in [5.74, 6) is 1.06. The molecule has 1 amide bonds. The summed E-state index contributed by atoms with van der Waals surface area (Å²) in [4.78, 5) is 18.8. The number of pyridine rings is 1. The van der Waals surface area contributed by atoms with Gasteiger partial charge in [-0.05, 0) is 62.1 Å². The maximum absolute atomic E-state index is 12.7. The van der Waals surface area contributed by atoms with Crippen molar-refractivity contribution in [1.29, 1.82) is 0 Å². The number of carbonyl (C=O) groups is 1. The first-order chi connectivity index (χ1) is 13.3. The lowest BCUT2D eigenvalue weighted by Gasteiger charge is -2.43. The highest BCUT2D eigenvalue weighted by molar-refractivity contribution is 5.79. The molecule has 0 bridgehead atoms. The van der Waals surface area contributed by atoms with E-state index < -0.39 is 0 Å². The molecule has 2 saturated heterocycles. The van der Waals surface area contributed by atoms with Crippen molar-refractivity contribution >= 4 is 5.91 Å². The fraction of sp³-hybridized carbons (Fsp3) is 0.636. The Kier molecular flexibility index (Phi) is 5.89. The van der Waals surface area contributed by atoms with Crippen LogP contribution in [-0.4, -0.2) is 47.7 Å². The quantitative estimate of drug-likeness (QED) is 0.569. The second-order valence-corrected chi connectivity index (χ2v) is 8.06. The van der Waals surface area contributed by atoms with E-state index in [4.69, 9.17) is 9.47 Å². The van der Waals surface area contributed by atoms with Crippen molar-refractivity contribution in [2.45, 2.75) is 50.7 Å². The SMILES string of the molecule is O=C(C1CC=CC1)N1CCC2(CC1)OCCC2CCOCc1ccncc1. The van der Waals surface area contributed by atoms with Crippen LogP contribution in [0.1, 0.15) is 44.1 Å². The van der Waals surface area contributed by atoms with Gasteiger partial charge in [-0.15, -0.1) is 0 Å². The Bertz CT molecular complexity index is 645. The summed E-state index contributed by atoms with van der Waals surface area (Å²) >= 11 is 0. The van der Waals surface area contributed by atoms with Crippen molar-refractivity contribution in [2.24, 2.45) is 11.8 Å². The summed E-state index contributed by atoms with van der Waals surface area (Å²) in [6.45, 7) is 3.91. The van der Waals surface area contributed by atoms with Crippen LogP contribution in [0.4, 0.5) is 0 Å². The predicted molar refractivity (Wildman–Crippen MR) is 103 cm³/mol. The van der Waals surface area contributed by atoms with Crippen molar-refractivity contribution in [1.82, 2.24) is 9.88 Å². The van der Waals surface area contributed by atoms with Gasteiger partial charge in [0.2, 0.25) is 5.91 Å². The minimum atomic E-state index is -0.0370. The maximum Gasteiger partial charge on any atom is 0.226 e. The molecule has 5 heteroatoms. The highest BCUT2D eigenvalue weighted by Crippen LogP contribution is 2.42. The zero-order chi connectivity index (χ0) is 18.5. The van der Waals surface area contributed by atoms with E-state index in [9.17, 15) is 4.79 Å². The number of hydrogen-bond acceptors (Lipinski definition) is 4. The first kappa shape index (κ1) is 18.6. The molecule has 1 aliphatic carbocycles. The molecule has 3 aliphatic rings. The number of carbonyl (C=O) groups excluding carboxylic acids is 1. The maximum atomic E-state index is 12.7. The molecule has 3 heterocycles. The van der Waals surface area contributed by atoms with E-state index in [0.717, 1.165) is 70.4 Å². The van der Waals surface area contributed by atoms with Gasteiger partial charge < -0.3 is 14.4 Å². The molecule has 4 rings (SSSR count). The van der Waals surface area contributed by atoms with Crippen molar-refractivity contribution in [3.8, 4) is 0 Å². The third-order valence-corrected chi connectivity index (χ3v) is 6.51. The molecule has 5 nitrogen and oxygen atoms in total. The van der Waals surface area contributed by atoms with Crippen LogP contribution in [-0.2, 0) is 20.9 Å². The molecule has 0 saturated carbocycles. The van der Waals surface area contributed by atoms with Crippen molar-refractivity contribution in [3.05, 3.63) is 42.2 Å². The molecular formula is C22H30N2O3. The number of piperidine rings is 1. The molecule has 0 radical (unpaired) electrons. The van der Waals surface area contributed by atoms with Gasteiger partial charge in [0.25, 0.3) is 0 Å². The second-order valence-electron chi connectivity index (χ2n) is 8.06. The second kappa shape index (κ2) is 8.53. The Labute approximate surface area is 161 Å². The van der Waals surface area contributed by atoms with Gasteiger partial charge in [0.05, 0.1) is 12.2 Å². The third kappa shape index (κ3) is 4.25. The van der Waals surface area contributed by atoms with Crippen LogP contribution in [0.25, 0.3) is 0 Å². The van der Waals surface area contributed by atoms with Crippen molar-refractivity contribution < 1.29 is 14.3 Å². The fourth-order valence-electron chi connectivity index (χ4n) is 4.82. The van der Waals surface area contributed by atoms with Crippen LogP contribution in [0.15, 0.2) is 36.7 Å². The molecular weight excluding hydrogens is 340 g/mol. The van der Waals surface area contributed by atoms with Crippen LogP contribution in [0, 0.1) is 11.8 Å². The Morgan fingerprint density at radius 1 is 1.22 bits per heavy atom. The number of likely N-dealkylation sites (tertiary alicyclic amines) is 1. The summed E-state index contributed by atoms with van der Waals surface area (Å²) < 4.78 is 12.1. The first-order valence-electron chi connectivity index (χ1n) is 10.3. The van der Waals surface area contributed by atoms with E-state index in [1.54, 1.807) is 12.4 Å². The molecule has 27 heavy (non-hydrogen) atoms. The van der Waals surface area contributed by atoms with E-state index in [-0.39, 0.29) is 11.5 Å². The van der Waals surface area contributed by atoms with Gasteiger partial charge in [0.15, 0.2) is 0 Å². The summed E-state index contributed by atoms with van der Waals surface area (Å²) in [6.07, 6.45) is 13.8. The molecule has 1 unspecified atom stereocenters. The Balaban J connectivity index is 1.24. The molecule has 1 atom stereocenters. The van der Waals surface area contributed by atoms with Gasteiger partial charge in [-0.25, -0.2) is 0 Å². The lowest BCUT2D eigenvalue weighted by atomic mass is 9.78. The Hall–Kier alpha value is -1.72. The third-order valence-electron chi connectivity index (χ3n) is 6.51. The molecule has 2 aliphatic heterocycles. The van der Waals surface area contributed by atoms with E-state index in [2.05, 4.69) is 22.0 Å². The van der Waals surface area contributed by atoms with Gasteiger partial charge in [-0.2, -0.15) is 0 Å². The van der Waals surface area contributed by atoms with Crippen LogP contribution in [0.2, 0.25) is 0 Å². The summed E-state index contributed by atoms with van der Waals surface area (Å²) in [5, 5.41) is 0. The highest BCUT2D eigenvalue weighted by Gasteiger charge is 2.46. The smallest absolute Gasteiger partial charge is 0.226 e. The van der Waals surface area contributed by atoms with E-state index in [1.807, 2.05) is 12.1 Å². The monoisotopic (exact) mass is 370 g/mol. The average Bonchev–Trinajstić information content (AvgIpc) is 3.37. The van der Waals surface area contributed by atoms with Gasteiger partial charge >= 0.3 is 0 Å². The minimum Gasteiger partial charge on any atom is -0.377 e. The predicted octanol–water partition coefficient (Wildman–Crippen LogP) is 3.35. The largest absolute Gasteiger partial charge is 0.377 e. The number of aromatic nitrogens is 1. The normalized spacial score (nSPS) is 24.7. The number of amides is 1. The number of rotatable bonds is 6. The van der Waals surface area contributed by atoms with E-state index >= 15 is 0 Å². The number of allylic oxidation sites excluding steroid dienone is 2. The minimum absolute atomic E-state index is 0.0370. The van der Waals surface area contributed by atoms with Crippen molar-refractivity contribution in [3.63, 3.8) is 0 Å². The molecule has 146 valence electrons. The van der Waals surface area contributed by atoms with E-state index in [1.165, 1.54) is 0 Å². The summed E-state index contributed by atoms with van der Waals surface area (Å²) in [6, 6.07) is 3.99. The number of nitrogens with zero attached hydrogens (tertiary/aromatic N) is 2. The highest BCUT2D eigenvalue weighted by atomic mass is 16.5. The number of hydrogen-bond donors (Lipinski definition) is 0. The molecule has 1 spiro atoms. The molecule has 1 aromatic heterocycles. The van der Waals surface area contributed by atoms with Crippen LogP contribution in [0.5, 0.6) is 0 Å². The molecule has 0 aromatic carbocycles. The molecule has 0 N–H and O–H groups in total. The van der Waals surface area contributed by atoms with Crippen LogP contribution in [0.3, 0.4) is 0 Å². The van der Waals surface area contributed by atoms with Gasteiger partial charge in [0, 0.05) is 44.6 Å². The van der Waals surface area contributed by atoms with Crippen LogP contribution < -0.4 is 0 Å². The zero-order valence-corrected chi connectivity index (χ0v) is 16.0. The summed E-state index contributed by atoms with van der Waals surface area (Å²) in [7, 11) is 0. The first-order valence-corrected chi connectivity index (χ1v) is 10.3. The molecule has 1 aromatic rings. The van der Waals surface area contributed by atoms with E-state index in [0.29, 0.717) is 18.4 Å². The Morgan fingerprint density at radius 3 is 2.70 bits per heavy atom. The lowest BCUT2D eigenvalue weighted by Crippen LogP contribution is -2.50. The molecule has 2 fully saturated rings. The topological polar surface area (TPSA) is 51.7 Å². The Morgan fingerprint density at radius 2 is 1.96 bits per heavy atom. The van der Waals surface area contributed by atoms with Gasteiger partial charge in [-0.1, -0.05) is 12.2 Å². The lowest BCUT2D eigenvalue weighted by molar-refractivity contribution is -0.141. The van der Waals surface area contributed by atoms with Gasteiger partial charge in [-0.3, -0.25) is 9.78 Å². The zero-order valence-electron chi connectivity index (χ0n) is 16.0. The fourth-order valence-corrected chi connectivity index (χ4v) is 4.82. The summed E-state index contributed by atoms with van der Waals surface area (Å²) in [5.41, 5.74) is 1.13. The van der Waals surface area contributed by atoms with Crippen LogP contribution >= 0.6 is 0 Å².